The molecule has 0 bridgehead atoms. The Morgan fingerprint density at radius 1 is 1.42 bits per heavy atom. The normalized spacial score (nSPS) is 18.5. The molecule has 0 spiro atoms. The van der Waals surface area contributed by atoms with Crippen LogP contribution >= 0.6 is 23.2 Å². The smallest absolute Gasteiger partial charge is 0.293 e. The van der Waals surface area contributed by atoms with Gasteiger partial charge in [-0.1, -0.05) is 23.2 Å². The maximum absolute atomic E-state index is 10.9. The molecule has 1 aromatic rings. The van der Waals surface area contributed by atoms with Crippen molar-refractivity contribution in [3.8, 4) is 0 Å². The zero-order valence-corrected chi connectivity index (χ0v) is 11.7. The number of anilines is 1. The second kappa shape index (κ2) is 6.41. The van der Waals surface area contributed by atoms with Gasteiger partial charge in [-0.2, -0.15) is 0 Å². The predicted octanol–water partition coefficient (Wildman–Crippen LogP) is 3.74. The van der Waals surface area contributed by atoms with E-state index in [1.165, 1.54) is 12.1 Å². The van der Waals surface area contributed by atoms with E-state index in [9.17, 15) is 10.1 Å². The minimum absolute atomic E-state index is 0.0583. The molecule has 0 aromatic heterocycles. The summed E-state index contributed by atoms with van der Waals surface area (Å²) in [6.45, 7) is 2.22. The fourth-order valence-corrected chi connectivity index (χ4v) is 2.37. The summed E-state index contributed by atoms with van der Waals surface area (Å²) >= 11 is 11.7. The van der Waals surface area contributed by atoms with Gasteiger partial charge in [0.2, 0.25) is 0 Å². The van der Waals surface area contributed by atoms with Crippen molar-refractivity contribution < 1.29 is 9.66 Å². The molecule has 0 radical (unpaired) electrons. The average molecular weight is 305 g/mol. The predicted molar refractivity (Wildman–Crippen MR) is 75.1 cm³/mol. The van der Waals surface area contributed by atoms with Gasteiger partial charge < -0.3 is 10.1 Å². The first-order valence-corrected chi connectivity index (χ1v) is 6.78. The van der Waals surface area contributed by atoms with Gasteiger partial charge in [0.05, 0.1) is 15.0 Å². The zero-order valence-electron chi connectivity index (χ0n) is 10.2. The van der Waals surface area contributed by atoms with E-state index in [4.69, 9.17) is 27.9 Å². The summed E-state index contributed by atoms with van der Waals surface area (Å²) in [6.07, 6.45) is 1.96. The summed E-state index contributed by atoms with van der Waals surface area (Å²) in [5.41, 5.74) is 0.343. The van der Waals surface area contributed by atoms with Crippen molar-refractivity contribution in [3.05, 3.63) is 32.3 Å². The molecule has 1 saturated heterocycles. The molecule has 5 nitrogen and oxygen atoms in total. The Hall–Kier alpha value is -1.04. The lowest BCUT2D eigenvalue weighted by Crippen LogP contribution is -2.10. The van der Waals surface area contributed by atoms with Crippen molar-refractivity contribution in [1.29, 1.82) is 0 Å². The summed E-state index contributed by atoms with van der Waals surface area (Å²) < 4.78 is 5.28. The monoisotopic (exact) mass is 304 g/mol. The molecular formula is C12H14Cl2N2O3. The van der Waals surface area contributed by atoms with Crippen LogP contribution in [0.25, 0.3) is 0 Å². The number of hydrogen-bond donors (Lipinski definition) is 1. The molecule has 1 aliphatic heterocycles. The number of rotatable bonds is 5. The van der Waals surface area contributed by atoms with Crippen molar-refractivity contribution in [3.63, 3.8) is 0 Å². The Labute approximate surface area is 121 Å². The van der Waals surface area contributed by atoms with Crippen LogP contribution in [0.5, 0.6) is 0 Å². The van der Waals surface area contributed by atoms with Crippen LogP contribution in [0.4, 0.5) is 11.4 Å². The van der Waals surface area contributed by atoms with Crippen molar-refractivity contribution in [1.82, 2.24) is 0 Å². The number of hydrogen-bond acceptors (Lipinski definition) is 4. The maximum Gasteiger partial charge on any atom is 0.293 e. The number of benzene rings is 1. The average Bonchev–Trinajstić information content (AvgIpc) is 2.86. The summed E-state index contributed by atoms with van der Waals surface area (Å²) in [6, 6.07) is 2.76. The van der Waals surface area contributed by atoms with Crippen molar-refractivity contribution >= 4 is 34.6 Å². The summed E-state index contributed by atoms with van der Waals surface area (Å²) in [5.74, 6) is 0.523. The Kier molecular flexibility index (Phi) is 4.85. The first-order chi connectivity index (χ1) is 9.08. The lowest BCUT2D eigenvalue weighted by atomic mass is 10.1. The second-order valence-electron chi connectivity index (χ2n) is 4.49. The van der Waals surface area contributed by atoms with Crippen LogP contribution in [0.1, 0.15) is 12.8 Å². The van der Waals surface area contributed by atoms with Gasteiger partial charge in [0.1, 0.15) is 5.69 Å². The number of nitrogens with one attached hydrogen (secondary N) is 1. The molecule has 1 unspecified atom stereocenters. The van der Waals surface area contributed by atoms with E-state index < -0.39 is 4.92 Å². The molecule has 0 saturated carbocycles. The van der Waals surface area contributed by atoms with Gasteiger partial charge in [0.25, 0.3) is 5.69 Å². The van der Waals surface area contributed by atoms with Gasteiger partial charge >= 0.3 is 0 Å². The maximum atomic E-state index is 10.9. The molecule has 104 valence electrons. The van der Waals surface area contributed by atoms with Gasteiger partial charge in [-0.3, -0.25) is 10.1 Å². The first-order valence-electron chi connectivity index (χ1n) is 6.03. The molecular weight excluding hydrogens is 291 g/mol. The Morgan fingerprint density at radius 2 is 2.16 bits per heavy atom. The van der Waals surface area contributed by atoms with E-state index in [0.29, 0.717) is 23.2 Å². The number of nitro groups is 1. The lowest BCUT2D eigenvalue weighted by Gasteiger charge is -2.11. The zero-order chi connectivity index (χ0) is 13.8. The number of nitrogens with zero attached hydrogens (tertiary/aromatic N) is 1. The van der Waals surface area contributed by atoms with E-state index in [1.54, 1.807) is 0 Å². The molecule has 1 fully saturated rings. The van der Waals surface area contributed by atoms with Crippen LogP contribution in [0, 0.1) is 16.0 Å². The fraction of sp³-hybridized carbons (Fsp3) is 0.500. The lowest BCUT2D eigenvalue weighted by molar-refractivity contribution is -0.383. The third-order valence-electron chi connectivity index (χ3n) is 3.13. The van der Waals surface area contributed by atoms with E-state index in [1.807, 2.05) is 0 Å². The van der Waals surface area contributed by atoms with Gasteiger partial charge in [0.15, 0.2) is 0 Å². The van der Waals surface area contributed by atoms with Gasteiger partial charge in [-0.05, 0) is 24.8 Å². The van der Waals surface area contributed by atoms with Gasteiger partial charge in [-0.25, -0.2) is 0 Å². The van der Waals surface area contributed by atoms with Crippen LogP contribution in [-0.2, 0) is 4.74 Å². The standard InChI is InChI=1S/C12H14Cl2N2O3/c13-9-5-11(12(16(17)18)6-10(9)14)15-3-1-8-2-4-19-7-8/h5-6,8,15H,1-4,7H2. The molecule has 0 amide bonds. The van der Waals surface area contributed by atoms with Crippen molar-refractivity contribution in [2.45, 2.75) is 12.8 Å². The van der Waals surface area contributed by atoms with E-state index in [0.717, 1.165) is 26.1 Å². The van der Waals surface area contributed by atoms with Crippen LogP contribution in [0.15, 0.2) is 12.1 Å². The summed E-state index contributed by atoms with van der Waals surface area (Å²) in [5, 5.41) is 14.5. The van der Waals surface area contributed by atoms with Crippen molar-refractivity contribution in [2.75, 3.05) is 25.1 Å². The highest BCUT2D eigenvalue weighted by molar-refractivity contribution is 6.42. The molecule has 7 heteroatoms. The van der Waals surface area contributed by atoms with Crippen LogP contribution in [-0.4, -0.2) is 24.7 Å². The van der Waals surface area contributed by atoms with Gasteiger partial charge in [0, 0.05) is 25.8 Å². The third kappa shape index (κ3) is 3.72. The van der Waals surface area contributed by atoms with E-state index in [2.05, 4.69) is 5.32 Å². The Bertz CT molecular complexity index is 476. The fourth-order valence-electron chi connectivity index (χ4n) is 2.05. The third-order valence-corrected chi connectivity index (χ3v) is 3.85. The minimum Gasteiger partial charge on any atom is -0.381 e. The van der Waals surface area contributed by atoms with Crippen molar-refractivity contribution in [2.24, 2.45) is 5.92 Å². The number of halogens is 2. The highest BCUT2D eigenvalue weighted by atomic mass is 35.5. The minimum atomic E-state index is -0.469. The SMILES string of the molecule is O=[N+]([O-])c1cc(Cl)c(Cl)cc1NCCC1CCOC1. The van der Waals surface area contributed by atoms with Crippen LogP contribution in [0.2, 0.25) is 10.0 Å². The summed E-state index contributed by atoms with van der Waals surface area (Å²) in [4.78, 5) is 10.5. The quantitative estimate of drug-likeness (QED) is 0.665. The Morgan fingerprint density at radius 3 is 2.79 bits per heavy atom. The molecule has 1 heterocycles. The largest absolute Gasteiger partial charge is 0.381 e. The first kappa shape index (κ1) is 14.4. The molecule has 0 aliphatic carbocycles. The molecule has 2 rings (SSSR count). The second-order valence-corrected chi connectivity index (χ2v) is 5.30. The number of nitro benzene ring substituents is 1. The molecule has 19 heavy (non-hydrogen) atoms. The van der Waals surface area contributed by atoms with Gasteiger partial charge in [-0.15, -0.1) is 0 Å². The van der Waals surface area contributed by atoms with Crippen LogP contribution in [0.3, 0.4) is 0 Å². The topological polar surface area (TPSA) is 64.4 Å². The molecule has 1 N–H and O–H groups in total. The highest BCUT2D eigenvalue weighted by Crippen LogP contribution is 2.34. The van der Waals surface area contributed by atoms with E-state index in [-0.39, 0.29) is 10.7 Å². The molecule has 1 atom stereocenters. The molecule has 1 aliphatic rings. The Balaban J connectivity index is 2.01. The van der Waals surface area contributed by atoms with E-state index >= 15 is 0 Å². The number of ether oxygens (including phenoxy) is 1. The summed E-state index contributed by atoms with van der Waals surface area (Å²) in [7, 11) is 0. The highest BCUT2D eigenvalue weighted by Gasteiger charge is 2.18. The van der Waals surface area contributed by atoms with Crippen LogP contribution < -0.4 is 5.32 Å². The molecule has 1 aromatic carbocycles.